The van der Waals surface area contributed by atoms with Gasteiger partial charge in [0, 0.05) is 37.6 Å². The third kappa shape index (κ3) is 7.05. The number of ether oxygens (including phenoxy) is 1. The lowest BCUT2D eigenvalue weighted by Gasteiger charge is -2.31. The van der Waals surface area contributed by atoms with Crippen LogP contribution in [0.15, 0.2) is 30.3 Å². The van der Waals surface area contributed by atoms with Crippen molar-refractivity contribution in [2.45, 2.75) is 37.8 Å². The first-order valence-corrected chi connectivity index (χ1v) is 9.10. The molecule has 0 spiro atoms. The van der Waals surface area contributed by atoms with Gasteiger partial charge in [-0.05, 0) is 31.2 Å². The first kappa shape index (κ1) is 23.2. The van der Waals surface area contributed by atoms with Crippen molar-refractivity contribution < 1.29 is 9.53 Å². The number of morpholine rings is 1. The molecular weight excluding hydrogens is 373 g/mol. The summed E-state index contributed by atoms with van der Waals surface area (Å²) in [6.45, 7) is 4.32. The molecule has 1 heterocycles. The average molecular weight is 404 g/mol. The van der Waals surface area contributed by atoms with Crippen molar-refractivity contribution in [3.05, 3.63) is 35.9 Å². The Labute approximate surface area is 168 Å². The molecule has 1 amide bonds. The van der Waals surface area contributed by atoms with Gasteiger partial charge in [0.2, 0.25) is 5.91 Å². The lowest BCUT2D eigenvalue weighted by Crippen LogP contribution is -2.49. The second kappa shape index (κ2) is 11.8. The van der Waals surface area contributed by atoms with E-state index in [1.165, 1.54) is 5.56 Å². The van der Waals surface area contributed by atoms with Crippen LogP contribution in [-0.2, 0) is 16.0 Å². The number of carbonyl (C=O) groups excluding carboxylic acids is 1. The van der Waals surface area contributed by atoms with E-state index in [4.69, 9.17) is 10.5 Å². The summed E-state index contributed by atoms with van der Waals surface area (Å²) in [5, 5.41) is 3.30. The van der Waals surface area contributed by atoms with Gasteiger partial charge in [-0.3, -0.25) is 9.69 Å². The SMILES string of the molecule is Cl.Cl.NC1CCC(C(=O)NC(Cc2ccccc2)CN2CCOCC2)C1. The van der Waals surface area contributed by atoms with Crippen molar-refractivity contribution in [2.75, 3.05) is 32.8 Å². The number of hydrogen-bond acceptors (Lipinski definition) is 4. The molecule has 1 aromatic rings. The fourth-order valence-electron chi connectivity index (χ4n) is 3.73. The quantitative estimate of drug-likeness (QED) is 0.762. The second-order valence-corrected chi connectivity index (χ2v) is 7.08. The molecule has 3 rings (SSSR count). The summed E-state index contributed by atoms with van der Waals surface area (Å²) in [6.07, 6.45) is 3.57. The van der Waals surface area contributed by atoms with E-state index in [1.807, 2.05) is 6.07 Å². The molecule has 3 unspecified atom stereocenters. The van der Waals surface area contributed by atoms with Crippen LogP contribution in [0.4, 0.5) is 0 Å². The molecule has 1 aliphatic heterocycles. The summed E-state index contributed by atoms with van der Waals surface area (Å²) >= 11 is 0. The first-order valence-electron chi connectivity index (χ1n) is 9.10. The van der Waals surface area contributed by atoms with Gasteiger partial charge < -0.3 is 15.8 Å². The van der Waals surface area contributed by atoms with Crippen LogP contribution in [0.25, 0.3) is 0 Å². The maximum atomic E-state index is 12.6. The van der Waals surface area contributed by atoms with Crippen LogP contribution in [0.1, 0.15) is 24.8 Å². The minimum absolute atomic E-state index is 0. The highest BCUT2D eigenvalue weighted by atomic mass is 35.5. The third-order valence-corrected chi connectivity index (χ3v) is 5.10. The minimum Gasteiger partial charge on any atom is -0.379 e. The number of nitrogens with one attached hydrogen (secondary N) is 1. The number of hydrogen-bond donors (Lipinski definition) is 2. The van der Waals surface area contributed by atoms with E-state index in [2.05, 4.69) is 34.5 Å². The molecular formula is C19H31Cl2N3O2. The Morgan fingerprint density at radius 3 is 2.50 bits per heavy atom. The Bertz CT molecular complexity index is 527. The zero-order valence-electron chi connectivity index (χ0n) is 15.1. The second-order valence-electron chi connectivity index (χ2n) is 7.08. The van der Waals surface area contributed by atoms with Crippen molar-refractivity contribution in [1.29, 1.82) is 0 Å². The molecule has 7 heteroatoms. The van der Waals surface area contributed by atoms with E-state index < -0.39 is 0 Å². The molecule has 0 radical (unpaired) electrons. The van der Waals surface area contributed by atoms with Crippen LogP contribution in [0.5, 0.6) is 0 Å². The van der Waals surface area contributed by atoms with E-state index in [0.717, 1.165) is 58.5 Å². The lowest BCUT2D eigenvalue weighted by molar-refractivity contribution is -0.125. The molecule has 0 bridgehead atoms. The van der Waals surface area contributed by atoms with Crippen molar-refractivity contribution in [3.63, 3.8) is 0 Å². The highest BCUT2D eigenvalue weighted by molar-refractivity contribution is 5.85. The Morgan fingerprint density at radius 1 is 1.19 bits per heavy atom. The van der Waals surface area contributed by atoms with Crippen molar-refractivity contribution in [2.24, 2.45) is 11.7 Å². The van der Waals surface area contributed by atoms with E-state index in [9.17, 15) is 4.79 Å². The van der Waals surface area contributed by atoms with Crippen LogP contribution < -0.4 is 11.1 Å². The molecule has 2 aliphatic rings. The highest BCUT2D eigenvalue weighted by Crippen LogP contribution is 2.24. The zero-order chi connectivity index (χ0) is 16.8. The summed E-state index contributed by atoms with van der Waals surface area (Å²) in [5.74, 6) is 0.264. The largest absolute Gasteiger partial charge is 0.379 e. The number of halogens is 2. The number of nitrogens with zero attached hydrogens (tertiary/aromatic N) is 1. The number of amides is 1. The number of carbonyl (C=O) groups is 1. The molecule has 5 nitrogen and oxygen atoms in total. The highest BCUT2D eigenvalue weighted by Gasteiger charge is 2.29. The molecule has 3 atom stereocenters. The zero-order valence-corrected chi connectivity index (χ0v) is 16.8. The van der Waals surface area contributed by atoms with Gasteiger partial charge in [0.1, 0.15) is 0 Å². The topological polar surface area (TPSA) is 67.6 Å². The van der Waals surface area contributed by atoms with Crippen molar-refractivity contribution in [3.8, 4) is 0 Å². The lowest BCUT2D eigenvalue weighted by atomic mass is 10.0. The maximum Gasteiger partial charge on any atom is 0.223 e. The summed E-state index contributed by atoms with van der Waals surface area (Å²) in [7, 11) is 0. The minimum atomic E-state index is 0. The van der Waals surface area contributed by atoms with E-state index in [1.54, 1.807) is 0 Å². The predicted molar refractivity (Wildman–Crippen MR) is 109 cm³/mol. The van der Waals surface area contributed by atoms with E-state index >= 15 is 0 Å². The monoisotopic (exact) mass is 403 g/mol. The van der Waals surface area contributed by atoms with Gasteiger partial charge in [-0.15, -0.1) is 24.8 Å². The van der Waals surface area contributed by atoms with Crippen molar-refractivity contribution in [1.82, 2.24) is 10.2 Å². The van der Waals surface area contributed by atoms with Crippen LogP contribution >= 0.6 is 24.8 Å². The number of rotatable bonds is 6. The average Bonchev–Trinajstić information content (AvgIpc) is 3.03. The summed E-state index contributed by atoms with van der Waals surface area (Å²) in [4.78, 5) is 15.0. The summed E-state index contributed by atoms with van der Waals surface area (Å²) in [5.41, 5.74) is 7.23. The maximum absolute atomic E-state index is 12.6. The molecule has 0 aromatic heterocycles. The van der Waals surface area contributed by atoms with Crippen LogP contribution in [0.2, 0.25) is 0 Å². The molecule has 2 fully saturated rings. The third-order valence-electron chi connectivity index (χ3n) is 5.10. The Morgan fingerprint density at radius 2 is 1.88 bits per heavy atom. The van der Waals surface area contributed by atoms with Gasteiger partial charge in [-0.25, -0.2) is 0 Å². The fraction of sp³-hybridized carbons (Fsp3) is 0.632. The van der Waals surface area contributed by atoms with Gasteiger partial charge in [0.25, 0.3) is 0 Å². The Balaban J connectivity index is 0.00000169. The Kier molecular flexibility index (Phi) is 10.5. The smallest absolute Gasteiger partial charge is 0.223 e. The molecule has 3 N–H and O–H groups in total. The van der Waals surface area contributed by atoms with E-state index in [-0.39, 0.29) is 48.7 Å². The normalized spacial score (nSPS) is 24.2. The molecule has 1 aliphatic carbocycles. The molecule has 26 heavy (non-hydrogen) atoms. The Hall–Kier alpha value is -0.850. The van der Waals surface area contributed by atoms with Crippen LogP contribution in [-0.4, -0.2) is 55.7 Å². The summed E-state index contributed by atoms with van der Waals surface area (Å²) in [6, 6.07) is 10.7. The van der Waals surface area contributed by atoms with Gasteiger partial charge in [-0.2, -0.15) is 0 Å². The molecule has 1 saturated heterocycles. The van der Waals surface area contributed by atoms with E-state index in [0.29, 0.717) is 0 Å². The van der Waals surface area contributed by atoms with Gasteiger partial charge in [0.15, 0.2) is 0 Å². The van der Waals surface area contributed by atoms with Gasteiger partial charge >= 0.3 is 0 Å². The molecule has 148 valence electrons. The number of nitrogens with two attached hydrogens (primary N) is 1. The number of benzene rings is 1. The predicted octanol–water partition coefficient (Wildman–Crippen LogP) is 2.02. The van der Waals surface area contributed by atoms with Gasteiger partial charge in [0.05, 0.1) is 13.2 Å². The van der Waals surface area contributed by atoms with Crippen LogP contribution in [0.3, 0.4) is 0 Å². The molecule has 1 saturated carbocycles. The van der Waals surface area contributed by atoms with Crippen LogP contribution in [0, 0.1) is 5.92 Å². The standard InChI is InChI=1S/C19H29N3O2.2ClH/c20-17-7-6-16(13-17)19(23)21-18(12-15-4-2-1-3-5-15)14-22-8-10-24-11-9-22;;/h1-5,16-18H,6-14,20H2,(H,21,23);2*1H. The molecule has 1 aromatic carbocycles. The fourth-order valence-corrected chi connectivity index (χ4v) is 3.73. The van der Waals surface area contributed by atoms with Crippen molar-refractivity contribution >= 4 is 30.7 Å². The first-order chi connectivity index (χ1) is 11.7. The van der Waals surface area contributed by atoms with Gasteiger partial charge in [-0.1, -0.05) is 30.3 Å². The summed E-state index contributed by atoms with van der Waals surface area (Å²) < 4.78 is 5.43.